The highest BCUT2D eigenvalue weighted by Gasteiger charge is 2.45. The Balaban J connectivity index is 1.27. The smallest absolute Gasteiger partial charge is 0.292 e. The predicted molar refractivity (Wildman–Crippen MR) is 144 cm³/mol. The van der Waals surface area contributed by atoms with Gasteiger partial charge in [-0.15, -0.1) is 10.2 Å². The third kappa shape index (κ3) is 3.75. The van der Waals surface area contributed by atoms with Gasteiger partial charge in [0.2, 0.25) is 5.82 Å². The molecular weight excluding hydrogens is 515 g/mol. The number of carbonyl (C=O) groups is 2. The third-order valence-corrected chi connectivity index (χ3v) is 8.25. The van der Waals surface area contributed by atoms with Gasteiger partial charge in [-0.2, -0.15) is 9.61 Å². The van der Waals surface area contributed by atoms with Gasteiger partial charge in [-0.3, -0.25) is 14.6 Å². The first-order chi connectivity index (χ1) is 19.4. The maximum Gasteiger partial charge on any atom is 0.292 e. The van der Waals surface area contributed by atoms with E-state index in [1.165, 1.54) is 23.8 Å². The van der Waals surface area contributed by atoms with Crippen molar-refractivity contribution < 1.29 is 14.0 Å². The van der Waals surface area contributed by atoms with Crippen LogP contribution >= 0.6 is 0 Å². The van der Waals surface area contributed by atoms with Crippen LogP contribution in [0.25, 0.3) is 16.8 Å². The van der Waals surface area contributed by atoms with Crippen molar-refractivity contribution in [1.29, 1.82) is 0 Å². The summed E-state index contributed by atoms with van der Waals surface area (Å²) in [5.41, 5.74) is 9.54. The highest BCUT2D eigenvalue weighted by Crippen LogP contribution is 2.45. The Labute approximate surface area is 227 Å². The van der Waals surface area contributed by atoms with Crippen molar-refractivity contribution in [3.8, 4) is 11.1 Å². The van der Waals surface area contributed by atoms with E-state index in [0.29, 0.717) is 65.4 Å². The van der Waals surface area contributed by atoms with Crippen molar-refractivity contribution >= 4 is 29.0 Å². The lowest BCUT2D eigenvalue weighted by atomic mass is 9.85. The van der Waals surface area contributed by atoms with Gasteiger partial charge < -0.3 is 20.9 Å². The maximum absolute atomic E-state index is 15.1. The van der Waals surface area contributed by atoms with Crippen molar-refractivity contribution in [2.24, 2.45) is 4.99 Å². The zero-order valence-electron chi connectivity index (χ0n) is 21.8. The summed E-state index contributed by atoms with van der Waals surface area (Å²) in [6.07, 6.45) is 5.98. The number of nitrogens with zero attached hydrogens (tertiary/aromatic N) is 7. The largest absolute Gasteiger partial charge is 0.383 e. The van der Waals surface area contributed by atoms with Crippen LogP contribution in [0.5, 0.6) is 0 Å². The number of rotatable bonds is 5. The number of aromatic nitrogens is 6. The summed E-state index contributed by atoms with van der Waals surface area (Å²) >= 11 is 0. The van der Waals surface area contributed by atoms with Gasteiger partial charge in [-0.1, -0.05) is 6.07 Å². The number of H-pyrrole nitrogens is 1. The van der Waals surface area contributed by atoms with Crippen LogP contribution in [0, 0.1) is 5.82 Å². The molecule has 2 unspecified atom stereocenters. The normalized spacial score (nSPS) is 22.0. The number of nitrogens with two attached hydrogens (primary N) is 1. The van der Waals surface area contributed by atoms with Crippen LogP contribution in [0.3, 0.4) is 0 Å². The molecule has 2 saturated heterocycles. The Morgan fingerprint density at radius 2 is 1.95 bits per heavy atom. The van der Waals surface area contributed by atoms with Crippen LogP contribution in [0.4, 0.5) is 10.2 Å². The van der Waals surface area contributed by atoms with Crippen LogP contribution in [0.1, 0.15) is 70.8 Å². The molecule has 1 amide bonds. The Morgan fingerprint density at radius 1 is 1.15 bits per heavy atom. The second-order valence-electron chi connectivity index (χ2n) is 10.6. The number of halogens is 1. The lowest BCUT2D eigenvalue weighted by Gasteiger charge is -2.38. The number of piperidine rings is 1. The summed E-state index contributed by atoms with van der Waals surface area (Å²) < 4.78 is 16.6. The van der Waals surface area contributed by atoms with Gasteiger partial charge in [0.1, 0.15) is 23.8 Å². The summed E-state index contributed by atoms with van der Waals surface area (Å²) in [4.78, 5) is 40.0. The van der Waals surface area contributed by atoms with E-state index in [2.05, 4.69) is 30.6 Å². The molecule has 40 heavy (non-hydrogen) atoms. The van der Waals surface area contributed by atoms with E-state index in [4.69, 9.17) is 10.7 Å². The molecule has 2 bridgehead atoms. The predicted octanol–water partition coefficient (Wildman–Crippen LogP) is 2.34. The molecule has 1 aromatic carbocycles. The highest BCUT2D eigenvalue weighted by molar-refractivity contribution is 6.01. The zero-order valence-corrected chi connectivity index (χ0v) is 21.8. The lowest BCUT2D eigenvalue weighted by molar-refractivity contribution is 0.0556. The fraction of sp³-hybridized carbons (Fsp3) is 0.370. The number of nitrogen functional groups attached to an aromatic ring is 1. The van der Waals surface area contributed by atoms with E-state index in [1.807, 2.05) is 11.0 Å². The van der Waals surface area contributed by atoms with E-state index >= 15 is 4.39 Å². The number of fused-ring (bicyclic) bond motifs is 3. The van der Waals surface area contributed by atoms with E-state index in [9.17, 15) is 9.59 Å². The molecule has 3 aliphatic heterocycles. The number of benzene rings is 1. The number of Topliss-reactive ketones (excluding diaryl/α,β-unsaturated/α-hetero) is 1. The van der Waals surface area contributed by atoms with Crippen molar-refractivity contribution in [2.75, 3.05) is 18.8 Å². The van der Waals surface area contributed by atoms with E-state index in [-0.39, 0.29) is 41.3 Å². The first-order valence-electron chi connectivity index (χ1n) is 13.4. The number of aliphatic imine (C=N–C) groups is 1. The molecule has 4 aromatic rings. The van der Waals surface area contributed by atoms with Gasteiger partial charge in [0.25, 0.3) is 5.91 Å². The standard InChI is InChI=1S/C27H27FN10O2/c1-13(39)21-22(15-8-16-3-4-17(9-15)37(16)27(40)25-32-12-33-36-25)35-26-19(11-34-38(26)23(21)29)14-2-5-18(20(28)10-14)24-30-6-7-31-24/h2,5,10-12,15-17H,3-4,6-9,29H2,1H3,(H,30,31)(H,32,33,36). The zero-order chi connectivity index (χ0) is 27.5. The van der Waals surface area contributed by atoms with Crippen molar-refractivity contribution in [2.45, 2.75) is 50.6 Å². The van der Waals surface area contributed by atoms with Crippen molar-refractivity contribution in [3.05, 3.63) is 59.2 Å². The first-order valence-corrected chi connectivity index (χ1v) is 13.4. The fourth-order valence-electron chi connectivity index (χ4n) is 6.51. The summed E-state index contributed by atoms with van der Waals surface area (Å²) in [7, 11) is 0. The Kier molecular flexibility index (Phi) is 5.61. The average Bonchev–Trinajstić information content (AvgIpc) is 3.75. The lowest BCUT2D eigenvalue weighted by Crippen LogP contribution is -2.46. The second-order valence-corrected chi connectivity index (χ2v) is 10.6. The van der Waals surface area contributed by atoms with Gasteiger partial charge >= 0.3 is 0 Å². The molecule has 0 saturated carbocycles. The fourth-order valence-corrected chi connectivity index (χ4v) is 6.51. The number of hydrogen-bond donors (Lipinski definition) is 3. The van der Waals surface area contributed by atoms with Gasteiger partial charge in [-0.25, -0.2) is 9.37 Å². The summed E-state index contributed by atoms with van der Waals surface area (Å²) in [6.45, 7) is 2.77. The summed E-state index contributed by atoms with van der Waals surface area (Å²) in [5, 5.41) is 15.1. The molecule has 2 fully saturated rings. The number of ketones is 1. The van der Waals surface area contributed by atoms with Crippen LogP contribution in [0.2, 0.25) is 0 Å². The number of amides is 1. The van der Waals surface area contributed by atoms with Gasteiger partial charge in [-0.05, 0) is 50.3 Å². The number of hydrogen-bond acceptors (Lipinski definition) is 9. The minimum Gasteiger partial charge on any atom is -0.383 e. The molecule has 0 spiro atoms. The van der Waals surface area contributed by atoms with Crippen molar-refractivity contribution in [3.63, 3.8) is 0 Å². The number of carbonyl (C=O) groups excluding carboxylic acids is 2. The third-order valence-electron chi connectivity index (χ3n) is 8.25. The molecule has 3 aromatic heterocycles. The molecule has 12 nitrogen and oxygen atoms in total. The van der Waals surface area contributed by atoms with Gasteiger partial charge in [0, 0.05) is 30.1 Å². The summed E-state index contributed by atoms with van der Waals surface area (Å²) in [6, 6.07) is 4.91. The minimum atomic E-state index is -0.404. The van der Waals surface area contributed by atoms with E-state index in [1.54, 1.807) is 12.3 Å². The summed E-state index contributed by atoms with van der Waals surface area (Å²) in [5.74, 6) is 0.110. The van der Waals surface area contributed by atoms with E-state index < -0.39 is 5.82 Å². The van der Waals surface area contributed by atoms with Crippen LogP contribution in [0.15, 0.2) is 35.7 Å². The first kappa shape index (κ1) is 24.4. The molecule has 4 N–H and O–H groups in total. The van der Waals surface area contributed by atoms with Gasteiger partial charge in [0.05, 0.1) is 29.6 Å². The quantitative estimate of drug-likeness (QED) is 0.324. The number of amidine groups is 1. The minimum absolute atomic E-state index is 0.0152. The number of aromatic amines is 1. The molecule has 0 radical (unpaired) electrons. The molecule has 0 aliphatic carbocycles. The highest BCUT2D eigenvalue weighted by atomic mass is 19.1. The molecule has 6 heterocycles. The topological polar surface area (TPSA) is 160 Å². The Morgan fingerprint density at radius 3 is 2.60 bits per heavy atom. The van der Waals surface area contributed by atoms with Gasteiger partial charge in [0.15, 0.2) is 11.4 Å². The molecule has 204 valence electrons. The maximum atomic E-state index is 15.1. The SMILES string of the molecule is CC(=O)c1c(C2CC3CCC(C2)N3C(=O)c2nnc[nH]2)nc2c(-c3ccc(C4=NCCN4)c(F)c3)cnn2c1N. The molecule has 13 heteroatoms. The molecule has 2 atom stereocenters. The average molecular weight is 543 g/mol. The van der Waals surface area contributed by atoms with Crippen molar-refractivity contribution in [1.82, 2.24) is 40.0 Å². The monoisotopic (exact) mass is 542 g/mol. The van der Waals surface area contributed by atoms with Crippen LogP contribution in [-0.2, 0) is 0 Å². The number of nitrogens with one attached hydrogen (secondary N) is 2. The molecule has 7 rings (SSSR count). The van der Waals surface area contributed by atoms with E-state index in [0.717, 1.165) is 12.8 Å². The Hall–Kier alpha value is -4.68. The molecular formula is C27H27FN10O2. The Bertz CT molecular complexity index is 1680. The van der Waals surface area contributed by atoms with Crippen LogP contribution < -0.4 is 11.1 Å². The molecule has 3 aliphatic rings. The second kappa shape index (κ2) is 9.21. The number of anilines is 1. The van der Waals surface area contributed by atoms with Crippen LogP contribution in [-0.4, -0.2) is 77.4 Å².